The number of esters is 1. The quantitative estimate of drug-likeness (QED) is 0.179. The molecule has 0 aliphatic carbocycles. The van der Waals surface area contributed by atoms with Gasteiger partial charge >= 0.3 is 30.6 Å². The molecular weight excluding hydrogens is 737 g/mol. The number of fused-ring (bicyclic) bond motifs is 1. The zero-order valence-electron chi connectivity index (χ0n) is 29.5. The lowest BCUT2D eigenvalue weighted by molar-refractivity contribution is -0.148. The van der Waals surface area contributed by atoms with Crippen molar-refractivity contribution in [2.24, 2.45) is 11.7 Å². The molecule has 0 spiro atoms. The van der Waals surface area contributed by atoms with Crippen LogP contribution in [-0.2, 0) is 39.2 Å². The SMILES string of the molecule is CCOC(=O)C1CCN(c2cnc([C@H]3C[C@@](N)(CC)N(C(=O)OCC)c4ccc(C(F)(F)F)cc43)nc2Cc2cc(C(F)(F)F)cc(C(F)(F)F)c2)CC1. The minimum absolute atomic E-state index is 0.00799. The number of anilines is 2. The van der Waals surface area contributed by atoms with Gasteiger partial charge in [-0.3, -0.25) is 9.69 Å². The predicted molar refractivity (Wildman–Crippen MR) is 177 cm³/mol. The summed E-state index contributed by atoms with van der Waals surface area (Å²) in [7, 11) is 0. The van der Waals surface area contributed by atoms with Crippen LogP contribution in [0.2, 0.25) is 0 Å². The van der Waals surface area contributed by atoms with Gasteiger partial charge in [0.05, 0.1) is 59.1 Å². The molecule has 1 aromatic heterocycles. The first-order valence-corrected chi connectivity index (χ1v) is 17.2. The van der Waals surface area contributed by atoms with Gasteiger partial charge in [-0.05, 0) is 87.1 Å². The number of alkyl halides is 9. The number of piperidine rings is 1. The molecule has 2 N–H and O–H groups in total. The van der Waals surface area contributed by atoms with Gasteiger partial charge in [0.15, 0.2) is 0 Å². The second kappa shape index (κ2) is 15.3. The van der Waals surface area contributed by atoms with Crippen molar-refractivity contribution in [3.63, 3.8) is 0 Å². The number of hydrogen-bond donors (Lipinski definition) is 1. The van der Waals surface area contributed by atoms with Gasteiger partial charge in [0.2, 0.25) is 0 Å². The molecular formula is C36H38F9N5O4. The second-order valence-corrected chi connectivity index (χ2v) is 13.2. The van der Waals surface area contributed by atoms with Gasteiger partial charge in [-0.15, -0.1) is 0 Å². The number of carbonyl (C=O) groups is 2. The number of nitrogens with two attached hydrogens (primary N) is 1. The van der Waals surface area contributed by atoms with Crippen LogP contribution in [0.3, 0.4) is 0 Å². The third-order valence-corrected chi connectivity index (χ3v) is 9.69. The number of ether oxygens (including phenoxy) is 2. The van der Waals surface area contributed by atoms with E-state index in [1.165, 1.54) is 6.20 Å². The number of nitrogens with zero attached hydrogens (tertiary/aromatic N) is 4. The van der Waals surface area contributed by atoms with Crippen molar-refractivity contribution < 1.29 is 58.6 Å². The smallest absolute Gasteiger partial charge is 0.416 e. The molecule has 0 saturated carbocycles. The standard InChI is InChI=1S/C36H38F9N5O4/c1-4-33(46)18-26(25-17-22(34(37,38)39)7-8-28(25)50(33)32(52)54-6-3)30-47-19-29(49-11-9-21(10-12-49)31(51)53-5-2)27(48-30)15-20-13-23(35(40,41)42)16-24(14-20)36(43,44)45/h7-8,13-14,16-17,19,21,26H,4-6,9-12,15,18,46H2,1-3H3/t26-,33+/m0/s1. The zero-order valence-corrected chi connectivity index (χ0v) is 29.5. The van der Waals surface area contributed by atoms with E-state index in [9.17, 15) is 49.1 Å². The van der Waals surface area contributed by atoms with Crippen molar-refractivity contribution in [3.05, 3.63) is 81.9 Å². The van der Waals surface area contributed by atoms with E-state index in [4.69, 9.17) is 15.2 Å². The van der Waals surface area contributed by atoms with Crippen molar-refractivity contribution >= 4 is 23.4 Å². The number of hydrogen-bond acceptors (Lipinski definition) is 8. The Kier molecular flexibility index (Phi) is 11.5. The van der Waals surface area contributed by atoms with Crippen LogP contribution in [-0.4, -0.2) is 54.0 Å². The first kappa shape index (κ1) is 40.6. The van der Waals surface area contributed by atoms with Gasteiger partial charge in [-0.2, -0.15) is 39.5 Å². The highest BCUT2D eigenvalue weighted by molar-refractivity contribution is 5.91. The minimum Gasteiger partial charge on any atom is -0.466 e. The molecule has 1 amide bonds. The second-order valence-electron chi connectivity index (χ2n) is 13.2. The predicted octanol–water partition coefficient (Wildman–Crippen LogP) is 8.47. The first-order chi connectivity index (χ1) is 25.2. The molecule has 2 aliphatic heterocycles. The molecule has 1 fully saturated rings. The molecule has 9 nitrogen and oxygen atoms in total. The topological polar surface area (TPSA) is 111 Å². The van der Waals surface area contributed by atoms with Crippen LogP contribution in [0.4, 0.5) is 55.7 Å². The van der Waals surface area contributed by atoms with Crippen molar-refractivity contribution in [3.8, 4) is 0 Å². The zero-order chi connectivity index (χ0) is 39.8. The molecule has 2 atom stereocenters. The van der Waals surface area contributed by atoms with Crippen molar-refractivity contribution in [2.75, 3.05) is 36.1 Å². The van der Waals surface area contributed by atoms with E-state index in [-0.39, 0.29) is 79.2 Å². The Bertz CT molecular complexity index is 1830. The van der Waals surface area contributed by atoms with E-state index in [2.05, 4.69) is 9.97 Å². The summed E-state index contributed by atoms with van der Waals surface area (Å²) in [6, 6.07) is 3.87. The van der Waals surface area contributed by atoms with E-state index >= 15 is 0 Å². The van der Waals surface area contributed by atoms with Gasteiger partial charge in [0.1, 0.15) is 11.5 Å². The van der Waals surface area contributed by atoms with Crippen LogP contribution in [0.5, 0.6) is 0 Å². The molecule has 0 bridgehead atoms. The Balaban J connectivity index is 1.67. The van der Waals surface area contributed by atoms with Crippen LogP contribution in [0.1, 0.15) is 91.7 Å². The first-order valence-electron chi connectivity index (χ1n) is 17.2. The van der Waals surface area contributed by atoms with Gasteiger partial charge in [0, 0.05) is 25.4 Å². The monoisotopic (exact) mass is 775 g/mol. The van der Waals surface area contributed by atoms with Gasteiger partial charge in [-0.25, -0.2) is 14.8 Å². The number of amides is 1. The lowest BCUT2D eigenvalue weighted by Crippen LogP contribution is -2.61. The molecule has 1 saturated heterocycles. The number of aromatic nitrogens is 2. The summed E-state index contributed by atoms with van der Waals surface area (Å²) >= 11 is 0. The van der Waals surface area contributed by atoms with Crippen LogP contribution < -0.4 is 15.5 Å². The number of carbonyl (C=O) groups excluding carboxylic acids is 2. The maximum absolute atomic E-state index is 14.0. The highest BCUT2D eigenvalue weighted by Crippen LogP contribution is 2.48. The molecule has 0 radical (unpaired) electrons. The Hall–Kier alpha value is -4.61. The lowest BCUT2D eigenvalue weighted by Gasteiger charge is -2.46. The van der Waals surface area contributed by atoms with E-state index < -0.39 is 71.2 Å². The van der Waals surface area contributed by atoms with Gasteiger partial charge in [0.25, 0.3) is 0 Å². The Morgan fingerprint density at radius 2 is 1.43 bits per heavy atom. The molecule has 5 rings (SSSR count). The van der Waals surface area contributed by atoms with Crippen LogP contribution in [0, 0.1) is 5.92 Å². The maximum atomic E-state index is 14.0. The van der Waals surface area contributed by atoms with Crippen LogP contribution in [0.25, 0.3) is 0 Å². The van der Waals surface area contributed by atoms with E-state index in [1.807, 2.05) is 0 Å². The van der Waals surface area contributed by atoms with Crippen molar-refractivity contribution in [1.82, 2.24) is 9.97 Å². The summed E-state index contributed by atoms with van der Waals surface area (Å²) in [6.07, 6.45) is -14.7. The third kappa shape index (κ3) is 8.52. The summed E-state index contributed by atoms with van der Waals surface area (Å²) in [6.45, 7) is 5.42. The highest BCUT2D eigenvalue weighted by atomic mass is 19.4. The Morgan fingerprint density at radius 1 is 0.833 bits per heavy atom. The summed E-state index contributed by atoms with van der Waals surface area (Å²) in [5.74, 6) is -2.09. The summed E-state index contributed by atoms with van der Waals surface area (Å²) in [5.41, 5.74) is 0.908. The molecule has 18 heteroatoms. The van der Waals surface area contributed by atoms with E-state index in [0.29, 0.717) is 25.0 Å². The molecule has 3 heterocycles. The van der Waals surface area contributed by atoms with Gasteiger partial charge in [-0.1, -0.05) is 6.92 Å². The van der Waals surface area contributed by atoms with Gasteiger partial charge < -0.3 is 20.1 Å². The third-order valence-electron chi connectivity index (χ3n) is 9.69. The fraction of sp³-hybridized carbons (Fsp3) is 0.500. The molecule has 2 aromatic carbocycles. The van der Waals surface area contributed by atoms with Crippen LogP contribution in [0.15, 0.2) is 42.6 Å². The fourth-order valence-electron chi connectivity index (χ4n) is 6.93. The maximum Gasteiger partial charge on any atom is 0.416 e. The van der Waals surface area contributed by atoms with E-state index in [0.717, 1.165) is 23.1 Å². The summed E-state index contributed by atoms with van der Waals surface area (Å²) in [5, 5.41) is 0. The van der Waals surface area contributed by atoms with Crippen molar-refractivity contribution in [1.29, 1.82) is 0 Å². The Morgan fingerprint density at radius 3 is 1.96 bits per heavy atom. The number of benzene rings is 2. The highest BCUT2D eigenvalue weighted by Gasteiger charge is 2.47. The molecule has 2 aliphatic rings. The minimum atomic E-state index is -5.12. The van der Waals surface area contributed by atoms with E-state index in [1.54, 1.807) is 25.7 Å². The van der Waals surface area contributed by atoms with Crippen LogP contribution >= 0.6 is 0 Å². The molecule has 0 unspecified atom stereocenters. The summed E-state index contributed by atoms with van der Waals surface area (Å²) < 4.78 is 136. The normalized spacial score (nSPS) is 19.8. The lowest BCUT2D eigenvalue weighted by atomic mass is 9.80. The largest absolute Gasteiger partial charge is 0.466 e. The Labute approximate surface area is 304 Å². The van der Waals surface area contributed by atoms with Crippen molar-refractivity contribution in [2.45, 2.75) is 83.0 Å². The molecule has 54 heavy (non-hydrogen) atoms. The average Bonchev–Trinajstić information content (AvgIpc) is 3.10. The fourth-order valence-corrected chi connectivity index (χ4v) is 6.93. The number of halogens is 9. The average molecular weight is 776 g/mol. The molecule has 3 aromatic rings. The summed E-state index contributed by atoms with van der Waals surface area (Å²) in [4.78, 5) is 37.6. The number of rotatable bonds is 8. The molecule has 294 valence electrons.